The molecule has 1 heterocycles. The third-order valence-electron chi connectivity index (χ3n) is 3.94. The molecule has 0 amide bonds. The van der Waals surface area contributed by atoms with Crippen LogP contribution in [0.2, 0.25) is 5.15 Å². The van der Waals surface area contributed by atoms with Crippen molar-refractivity contribution < 1.29 is 8.42 Å². The fourth-order valence-electron chi connectivity index (χ4n) is 2.85. The Labute approximate surface area is 136 Å². The quantitative estimate of drug-likeness (QED) is 0.574. The molecule has 0 N–H and O–H groups in total. The van der Waals surface area contributed by atoms with Gasteiger partial charge in [0.1, 0.15) is 10.0 Å². The molecule has 7 heteroatoms. The first-order valence-electron chi connectivity index (χ1n) is 7.35. The van der Waals surface area contributed by atoms with Crippen LogP contribution < -0.4 is 0 Å². The average molecular weight is 353 g/mol. The summed E-state index contributed by atoms with van der Waals surface area (Å²) in [5.41, 5.74) is 0.0171. The first kappa shape index (κ1) is 17.1. The van der Waals surface area contributed by atoms with E-state index in [1.54, 1.807) is 4.68 Å². The van der Waals surface area contributed by atoms with Crippen molar-refractivity contribution in [3.63, 3.8) is 0 Å². The smallest absolute Gasteiger partial charge is 0.249 e. The van der Waals surface area contributed by atoms with Crippen LogP contribution in [0.25, 0.3) is 0 Å². The Bertz CT molecular complexity index is 610. The lowest BCUT2D eigenvalue weighted by molar-refractivity contribution is 0.397. The van der Waals surface area contributed by atoms with E-state index in [1.165, 1.54) is 12.8 Å². The molecule has 120 valence electrons. The second-order valence-corrected chi connectivity index (χ2v) is 9.61. The van der Waals surface area contributed by atoms with Crippen molar-refractivity contribution in [1.29, 1.82) is 0 Å². The number of hydrogen-bond donors (Lipinski definition) is 0. The highest BCUT2D eigenvalue weighted by molar-refractivity contribution is 8.13. The second kappa shape index (κ2) is 6.09. The van der Waals surface area contributed by atoms with Crippen LogP contribution in [0.4, 0.5) is 0 Å². The highest BCUT2D eigenvalue weighted by Gasteiger charge is 2.34. The molecule has 1 fully saturated rings. The van der Waals surface area contributed by atoms with Gasteiger partial charge in [-0.1, -0.05) is 58.1 Å². The Morgan fingerprint density at radius 1 is 1.14 bits per heavy atom. The van der Waals surface area contributed by atoms with Crippen LogP contribution in [-0.2, 0) is 14.5 Å². The van der Waals surface area contributed by atoms with Crippen molar-refractivity contribution in [2.45, 2.75) is 75.6 Å². The van der Waals surface area contributed by atoms with Gasteiger partial charge >= 0.3 is 0 Å². The minimum absolute atomic E-state index is 0.0254. The van der Waals surface area contributed by atoms with Crippen LogP contribution in [-0.4, -0.2) is 18.2 Å². The van der Waals surface area contributed by atoms with Crippen molar-refractivity contribution in [2.24, 2.45) is 0 Å². The van der Waals surface area contributed by atoms with Gasteiger partial charge in [-0.05, 0) is 12.8 Å². The van der Waals surface area contributed by atoms with E-state index in [-0.39, 0.29) is 16.1 Å². The lowest BCUT2D eigenvalue weighted by Crippen LogP contribution is -2.16. The van der Waals surface area contributed by atoms with E-state index in [9.17, 15) is 8.42 Å². The van der Waals surface area contributed by atoms with Gasteiger partial charge in [-0.3, -0.25) is 0 Å². The summed E-state index contributed by atoms with van der Waals surface area (Å²) in [6, 6.07) is 0.160. The molecule has 0 spiro atoms. The fraction of sp³-hybridized carbons (Fsp3) is 0.786. The highest BCUT2D eigenvalue weighted by Crippen LogP contribution is 2.39. The maximum absolute atomic E-state index is 11.9. The number of rotatable bonds is 2. The van der Waals surface area contributed by atoms with Gasteiger partial charge in [-0.2, -0.15) is 5.10 Å². The van der Waals surface area contributed by atoms with Crippen LogP contribution in [0.3, 0.4) is 0 Å². The van der Waals surface area contributed by atoms with Gasteiger partial charge < -0.3 is 0 Å². The molecule has 2 rings (SSSR count). The Morgan fingerprint density at radius 2 is 1.67 bits per heavy atom. The third-order valence-corrected chi connectivity index (χ3v) is 5.75. The molecule has 1 aliphatic rings. The van der Waals surface area contributed by atoms with Crippen LogP contribution in [0, 0.1) is 0 Å². The highest BCUT2D eigenvalue weighted by atomic mass is 35.7. The predicted octanol–water partition coefficient (Wildman–Crippen LogP) is 4.66. The molecule has 0 aromatic carbocycles. The number of halogens is 2. The Morgan fingerprint density at radius 3 is 2.05 bits per heavy atom. The molecule has 0 saturated heterocycles. The van der Waals surface area contributed by atoms with E-state index >= 15 is 0 Å². The maximum atomic E-state index is 11.9. The van der Waals surface area contributed by atoms with Gasteiger partial charge in [0.05, 0.1) is 11.7 Å². The van der Waals surface area contributed by atoms with Crippen molar-refractivity contribution in [3.05, 3.63) is 10.8 Å². The molecular weight excluding hydrogens is 331 g/mol. The minimum Gasteiger partial charge on any atom is -0.249 e. The first-order valence-corrected chi connectivity index (χ1v) is 10.0. The monoisotopic (exact) mass is 352 g/mol. The molecule has 1 aromatic heterocycles. The lowest BCUT2D eigenvalue weighted by Gasteiger charge is -2.17. The minimum atomic E-state index is -3.92. The standard InChI is InChI=1S/C14H22Cl2N2O2S/c1-14(2,3)12-11(21(16,19)20)13(15)18(17-12)10-8-6-4-5-7-9-10/h10H,4-9H2,1-3H3. The fourth-order valence-corrected chi connectivity index (χ4v) is 4.85. The molecule has 1 saturated carbocycles. The molecule has 21 heavy (non-hydrogen) atoms. The van der Waals surface area contributed by atoms with E-state index in [1.807, 2.05) is 20.8 Å². The SMILES string of the molecule is CC(C)(C)c1nn(C2CCCCCC2)c(Cl)c1S(=O)(=O)Cl. The Hall–Kier alpha value is -0.260. The van der Waals surface area contributed by atoms with Crippen LogP contribution >= 0.6 is 22.3 Å². The number of nitrogens with zero attached hydrogens (tertiary/aromatic N) is 2. The van der Waals surface area contributed by atoms with Gasteiger partial charge in [-0.25, -0.2) is 13.1 Å². The van der Waals surface area contributed by atoms with E-state index < -0.39 is 14.5 Å². The van der Waals surface area contributed by atoms with Crippen molar-refractivity contribution in [3.8, 4) is 0 Å². The van der Waals surface area contributed by atoms with Crippen molar-refractivity contribution >= 4 is 31.3 Å². The zero-order valence-electron chi connectivity index (χ0n) is 12.7. The maximum Gasteiger partial charge on any atom is 0.266 e. The summed E-state index contributed by atoms with van der Waals surface area (Å²) in [5.74, 6) is 0. The van der Waals surface area contributed by atoms with Crippen molar-refractivity contribution in [2.75, 3.05) is 0 Å². The Kier molecular flexibility index (Phi) is 4.96. The van der Waals surface area contributed by atoms with Gasteiger partial charge in [-0.15, -0.1) is 0 Å². The van der Waals surface area contributed by atoms with E-state index in [4.69, 9.17) is 22.3 Å². The molecule has 1 aliphatic carbocycles. The molecule has 0 aliphatic heterocycles. The summed E-state index contributed by atoms with van der Waals surface area (Å²) >= 11 is 6.34. The van der Waals surface area contributed by atoms with E-state index in [2.05, 4.69) is 5.10 Å². The van der Waals surface area contributed by atoms with E-state index in [0.717, 1.165) is 25.7 Å². The van der Waals surface area contributed by atoms with Gasteiger partial charge in [0.25, 0.3) is 9.05 Å². The van der Waals surface area contributed by atoms with Crippen molar-refractivity contribution in [1.82, 2.24) is 9.78 Å². The van der Waals surface area contributed by atoms with E-state index in [0.29, 0.717) is 5.69 Å². The molecule has 0 bridgehead atoms. The first-order chi connectivity index (χ1) is 9.62. The lowest BCUT2D eigenvalue weighted by atomic mass is 9.92. The third kappa shape index (κ3) is 3.74. The topological polar surface area (TPSA) is 52.0 Å². The average Bonchev–Trinajstić information content (AvgIpc) is 2.54. The number of hydrogen-bond acceptors (Lipinski definition) is 3. The summed E-state index contributed by atoms with van der Waals surface area (Å²) in [7, 11) is 1.68. The summed E-state index contributed by atoms with van der Waals surface area (Å²) in [4.78, 5) is -0.0254. The predicted molar refractivity (Wildman–Crippen MR) is 85.7 cm³/mol. The Balaban J connectivity index is 2.56. The number of aromatic nitrogens is 2. The molecule has 4 nitrogen and oxygen atoms in total. The summed E-state index contributed by atoms with van der Waals surface area (Å²) in [5, 5.41) is 4.69. The van der Waals surface area contributed by atoms with Crippen LogP contribution in [0.1, 0.15) is 71.0 Å². The largest absolute Gasteiger partial charge is 0.266 e. The summed E-state index contributed by atoms with van der Waals surface area (Å²) in [6.45, 7) is 5.73. The zero-order valence-corrected chi connectivity index (χ0v) is 15.0. The molecule has 1 aromatic rings. The molecule has 0 atom stereocenters. The van der Waals surface area contributed by atoms with Gasteiger partial charge in [0.2, 0.25) is 0 Å². The normalized spacial score (nSPS) is 18.7. The van der Waals surface area contributed by atoms with Gasteiger partial charge in [0.15, 0.2) is 0 Å². The molecule has 0 unspecified atom stereocenters. The van der Waals surface area contributed by atoms with Gasteiger partial charge in [0, 0.05) is 16.1 Å². The summed E-state index contributed by atoms with van der Waals surface area (Å²) in [6.07, 6.45) is 6.62. The second-order valence-electron chi connectivity index (χ2n) is 6.75. The summed E-state index contributed by atoms with van der Waals surface area (Å²) < 4.78 is 25.5. The zero-order chi connectivity index (χ0) is 15.8. The van der Waals surface area contributed by atoms with Crippen LogP contribution in [0.5, 0.6) is 0 Å². The van der Waals surface area contributed by atoms with Crippen LogP contribution in [0.15, 0.2) is 4.90 Å². The molecule has 0 radical (unpaired) electrons. The molecular formula is C14H22Cl2N2O2S.